The van der Waals surface area contributed by atoms with E-state index in [0.29, 0.717) is 0 Å². The number of hydrogen-bond acceptors (Lipinski definition) is 1. The molecule has 0 aromatic heterocycles. The van der Waals surface area contributed by atoms with Crippen LogP contribution in [0.15, 0.2) is 0 Å². The first kappa shape index (κ1) is 10.7. The molecule has 0 fully saturated rings. The summed E-state index contributed by atoms with van der Waals surface area (Å²) in [6.07, 6.45) is 9.68. The molecule has 1 nitrogen and oxygen atoms in total. The van der Waals surface area contributed by atoms with E-state index < -0.39 is 0 Å². The molecule has 0 saturated heterocycles. The van der Waals surface area contributed by atoms with Crippen LogP contribution in [0.25, 0.3) is 0 Å². The summed E-state index contributed by atoms with van der Waals surface area (Å²) in [7, 11) is 1.71. The molecular formula is C9H18BO. The van der Waals surface area contributed by atoms with Crippen molar-refractivity contribution in [1.82, 2.24) is 0 Å². The zero-order valence-corrected chi connectivity index (χ0v) is 7.51. The van der Waals surface area contributed by atoms with Gasteiger partial charge in [-0.05, 0) is 0 Å². The third kappa shape index (κ3) is 9.73. The minimum atomic E-state index is 0.895. The summed E-state index contributed by atoms with van der Waals surface area (Å²) in [4.78, 5) is 9.88. The Morgan fingerprint density at radius 3 is 2.36 bits per heavy atom. The van der Waals surface area contributed by atoms with Crippen molar-refractivity contribution >= 4 is 13.5 Å². The maximum atomic E-state index is 9.88. The van der Waals surface area contributed by atoms with Gasteiger partial charge in [-0.2, -0.15) is 0 Å². The van der Waals surface area contributed by atoms with Crippen LogP contribution in [0.5, 0.6) is 0 Å². The highest BCUT2D eigenvalue weighted by molar-refractivity contribution is 6.66. The van der Waals surface area contributed by atoms with Gasteiger partial charge in [0.05, 0.1) is 6.19 Å². The topological polar surface area (TPSA) is 17.1 Å². The maximum Gasteiger partial charge on any atom is 0.197 e. The predicted octanol–water partition coefficient (Wildman–Crippen LogP) is 2.66. The zero-order chi connectivity index (χ0) is 8.36. The van der Waals surface area contributed by atoms with E-state index in [9.17, 15) is 4.79 Å². The van der Waals surface area contributed by atoms with E-state index in [1.54, 1.807) is 7.28 Å². The number of hydrogen-bond donors (Lipinski definition) is 0. The van der Waals surface area contributed by atoms with Gasteiger partial charge in [-0.1, -0.05) is 51.8 Å². The lowest BCUT2D eigenvalue weighted by Gasteiger charge is -1.97. The Kier molecular flexibility index (Phi) is 9.50. The van der Waals surface area contributed by atoms with Crippen molar-refractivity contribution in [2.45, 2.75) is 51.8 Å². The highest BCUT2D eigenvalue weighted by Crippen LogP contribution is 2.06. The summed E-state index contributed by atoms with van der Waals surface area (Å²) < 4.78 is 0. The van der Waals surface area contributed by atoms with Gasteiger partial charge in [-0.3, -0.25) is 0 Å². The van der Waals surface area contributed by atoms with Crippen LogP contribution >= 0.6 is 0 Å². The van der Waals surface area contributed by atoms with Crippen LogP contribution in [0.1, 0.15) is 45.4 Å². The normalized spacial score (nSPS) is 9.55. The summed E-state index contributed by atoms with van der Waals surface area (Å²) >= 11 is 0. The molecule has 2 heteroatoms. The van der Waals surface area contributed by atoms with E-state index in [0.717, 1.165) is 12.5 Å². The van der Waals surface area contributed by atoms with Gasteiger partial charge in [0.25, 0.3) is 0 Å². The first-order valence-corrected chi connectivity index (χ1v) is 4.68. The minimum Gasteiger partial charge on any atom is -0.316 e. The van der Waals surface area contributed by atoms with Crippen molar-refractivity contribution in [1.29, 1.82) is 0 Å². The molecule has 0 N–H and O–H groups in total. The SMILES string of the molecule is CCCCCCCC[B]C=O. The Morgan fingerprint density at radius 2 is 1.73 bits per heavy atom. The van der Waals surface area contributed by atoms with Gasteiger partial charge in [0.15, 0.2) is 7.28 Å². The summed E-state index contributed by atoms with van der Waals surface area (Å²) in [5.41, 5.74) is 0. The predicted molar refractivity (Wildman–Crippen MR) is 50.7 cm³/mol. The van der Waals surface area contributed by atoms with Crippen LogP contribution in [0.4, 0.5) is 0 Å². The fourth-order valence-corrected chi connectivity index (χ4v) is 1.11. The van der Waals surface area contributed by atoms with Crippen LogP contribution in [-0.4, -0.2) is 13.5 Å². The second-order valence-corrected chi connectivity index (χ2v) is 2.93. The molecule has 63 valence electrons. The molecule has 1 radical (unpaired) electrons. The molecule has 0 saturated carbocycles. The molecule has 0 bridgehead atoms. The Hall–Kier alpha value is -0.265. The summed E-state index contributed by atoms with van der Waals surface area (Å²) in [5, 5.41) is 0. The van der Waals surface area contributed by atoms with Gasteiger partial charge in [0.2, 0.25) is 0 Å². The molecule has 0 aromatic carbocycles. The van der Waals surface area contributed by atoms with E-state index in [-0.39, 0.29) is 0 Å². The van der Waals surface area contributed by atoms with Gasteiger partial charge in [-0.15, -0.1) is 0 Å². The van der Waals surface area contributed by atoms with Gasteiger partial charge >= 0.3 is 0 Å². The monoisotopic (exact) mass is 153 g/mol. The van der Waals surface area contributed by atoms with Crippen molar-refractivity contribution in [2.75, 3.05) is 0 Å². The lowest BCUT2D eigenvalue weighted by Crippen LogP contribution is -1.89. The molecule has 0 rings (SSSR count). The van der Waals surface area contributed by atoms with Gasteiger partial charge in [0.1, 0.15) is 0 Å². The first-order chi connectivity index (χ1) is 5.41. The van der Waals surface area contributed by atoms with E-state index in [4.69, 9.17) is 0 Å². The van der Waals surface area contributed by atoms with E-state index in [1.165, 1.54) is 38.5 Å². The molecule has 0 aliphatic rings. The Balaban J connectivity index is 2.74. The molecular weight excluding hydrogens is 135 g/mol. The van der Waals surface area contributed by atoms with Crippen molar-refractivity contribution in [3.63, 3.8) is 0 Å². The minimum absolute atomic E-state index is 0.895. The highest BCUT2D eigenvalue weighted by atomic mass is 16.1. The van der Waals surface area contributed by atoms with Crippen LogP contribution < -0.4 is 0 Å². The Bertz CT molecular complexity index is 83.6. The lowest BCUT2D eigenvalue weighted by molar-refractivity contribution is 0.568. The fraction of sp³-hybridized carbons (Fsp3) is 0.889. The second kappa shape index (κ2) is 9.73. The summed E-state index contributed by atoms with van der Waals surface area (Å²) in [5.74, 6) is 0. The van der Waals surface area contributed by atoms with Crippen LogP contribution in [0.2, 0.25) is 6.32 Å². The third-order valence-electron chi connectivity index (χ3n) is 1.82. The van der Waals surface area contributed by atoms with Gasteiger partial charge in [-0.25, -0.2) is 0 Å². The second-order valence-electron chi connectivity index (χ2n) is 2.93. The standard InChI is InChI=1S/C9H18BO/c1-2-3-4-5-6-7-8-10-9-11/h9H,2-8H2,1H3. The number of unbranched alkanes of at least 4 members (excludes halogenated alkanes) is 5. The average Bonchev–Trinajstić information content (AvgIpc) is 2.03. The lowest BCUT2D eigenvalue weighted by atomic mass is 9.75. The van der Waals surface area contributed by atoms with Crippen molar-refractivity contribution in [2.24, 2.45) is 0 Å². The van der Waals surface area contributed by atoms with Gasteiger partial charge < -0.3 is 4.79 Å². The number of carbonyl (C=O) groups is 1. The summed E-state index contributed by atoms with van der Waals surface area (Å²) in [6.45, 7) is 2.22. The third-order valence-corrected chi connectivity index (χ3v) is 1.82. The highest BCUT2D eigenvalue weighted by Gasteiger charge is 1.90. The van der Waals surface area contributed by atoms with Gasteiger partial charge in [0, 0.05) is 0 Å². The Morgan fingerprint density at radius 1 is 1.09 bits per heavy atom. The number of carbonyl (C=O) groups excluding carboxylic acids is 1. The van der Waals surface area contributed by atoms with Crippen LogP contribution in [0.3, 0.4) is 0 Å². The molecule has 0 aliphatic carbocycles. The van der Waals surface area contributed by atoms with Crippen molar-refractivity contribution < 1.29 is 4.79 Å². The van der Waals surface area contributed by atoms with Crippen LogP contribution in [0, 0.1) is 0 Å². The summed E-state index contributed by atoms with van der Waals surface area (Å²) in [6, 6.07) is 0. The molecule has 0 aromatic rings. The zero-order valence-electron chi connectivity index (χ0n) is 7.51. The molecule has 0 atom stereocenters. The molecule has 11 heavy (non-hydrogen) atoms. The smallest absolute Gasteiger partial charge is 0.197 e. The maximum absolute atomic E-state index is 9.88. The largest absolute Gasteiger partial charge is 0.316 e. The molecule has 0 aliphatic heterocycles. The molecule has 0 amide bonds. The quantitative estimate of drug-likeness (QED) is 0.297. The van der Waals surface area contributed by atoms with E-state index in [1.807, 2.05) is 0 Å². The van der Waals surface area contributed by atoms with E-state index >= 15 is 0 Å². The first-order valence-electron chi connectivity index (χ1n) is 4.68. The van der Waals surface area contributed by atoms with Crippen molar-refractivity contribution in [3.05, 3.63) is 0 Å². The van der Waals surface area contributed by atoms with Crippen LogP contribution in [-0.2, 0) is 4.79 Å². The molecule has 0 heterocycles. The molecule has 0 spiro atoms. The van der Waals surface area contributed by atoms with Crippen molar-refractivity contribution in [3.8, 4) is 0 Å². The number of rotatable bonds is 8. The Labute approximate surface area is 70.8 Å². The molecule has 0 unspecified atom stereocenters. The fourth-order valence-electron chi connectivity index (χ4n) is 1.11. The van der Waals surface area contributed by atoms with E-state index in [2.05, 4.69) is 6.92 Å². The average molecular weight is 153 g/mol.